The molecule has 2 aliphatic rings. The van der Waals surface area contributed by atoms with Crippen LogP contribution < -0.4 is 26.4 Å². The topological polar surface area (TPSA) is 173 Å². The summed E-state index contributed by atoms with van der Waals surface area (Å²) in [6.45, 7) is 0.284. The summed E-state index contributed by atoms with van der Waals surface area (Å²) < 4.78 is 27.4. The number of nitrogen functional groups attached to an aromatic ring is 1. The van der Waals surface area contributed by atoms with Gasteiger partial charge in [0, 0.05) is 7.05 Å². The lowest BCUT2D eigenvalue weighted by molar-refractivity contribution is -0.139. The number of nitrogens with one attached hydrogen (secondary N) is 3. The highest BCUT2D eigenvalue weighted by molar-refractivity contribution is 7.36. The number of methoxy groups -OCH3 is 1. The summed E-state index contributed by atoms with van der Waals surface area (Å²) in [5.74, 6) is 1.10. The number of esters is 1. The number of nitrogens with two attached hydrogens (primary N) is 1. The Morgan fingerprint density at radius 2 is 2.14 bits per heavy atom. The van der Waals surface area contributed by atoms with Gasteiger partial charge in [0.1, 0.15) is 30.8 Å². The third-order valence-corrected chi connectivity index (χ3v) is 6.19. The van der Waals surface area contributed by atoms with E-state index >= 15 is 0 Å². The van der Waals surface area contributed by atoms with E-state index in [0.717, 1.165) is 5.69 Å². The zero-order valence-electron chi connectivity index (χ0n) is 19.2. The van der Waals surface area contributed by atoms with Crippen LogP contribution in [0, 0.1) is 0 Å². The van der Waals surface area contributed by atoms with E-state index in [1.807, 2.05) is 11.0 Å². The summed E-state index contributed by atoms with van der Waals surface area (Å²) in [6.07, 6.45) is -0.333. The second-order valence-electron chi connectivity index (χ2n) is 7.38. The number of aromatic nitrogens is 2. The molecule has 1 aromatic carbocycles. The zero-order chi connectivity index (χ0) is 25.4. The lowest BCUT2D eigenvalue weighted by atomic mass is 10.2. The molecule has 1 fully saturated rings. The first-order valence-electron chi connectivity index (χ1n) is 10.6. The Morgan fingerprint density at radius 1 is 1.40 bits per heavy atom. The van der Waals surface area contributed by atoms with Gasteiger partial charge in [-0.3, -0.25) is 4.79 Å². The summed E-state index contributed by atoms with van der Waals surface area (Å²) in [5, 5.41) is 16.9. The maximum absolute atomic E-state index is 11.8. The average molecular weight is 529 g/mol. The molecule has 1 saturated heterocycles. The Labute approximate surface area is 208 Å². The fraction of sp³-hybridized carbons (Fsp3) is 0.450. The lowest BCUT2D eigenvalue weighted by Gasteiger charge is -2.26. The number of hydrogen-bond donors (Lipinski definition) is 5. The maximum atomic E-state index is 11.8. The first-order chi connectivity index (χ1) is 16.8. The molecule has 0 amide bonds. The van der Waals surface area contributed by atoms with Crippen LogP contribution in [0.5, 0.6) is 5.75 Å². The molecule has 0 aliphatic carbocycles. The third-order valence-electron chi connectivity index (χ3n) is 4.99. The van der Waals surface area contributed by atoms with Crippen molar-refractivity contribution in [3.05, 3.63) is 30.3 Å². The quantitative estimate of drug-likeness (QED) is 0.191. The number of carbonyl (C=O) groups excluding carboxylic acids is 1. The summed E-state index contributed by atoms with van der Waals surface area (Å²) in [6, 6.07) is 8.71. The SMILES string of the molecule is CNc1nc(N)nc2c1NCN2C1OC(CO[P+](=O)NCC(=O)OC)CC1Cl.Oc1ccccc1. The molecule has 0 saturated carbocycles. The number of hydrogen-bond acceptors (Lipinski definition) is 12. The molecule has 2 aliphatic heterocycles. The Hall–Kier alpha value is -2.96. The van der Waals surface area contributed by atoms with Gasteiger partial charge in [-0.2, -0.15) is 9.97 Å². The van der Waals surface area contributed by atoms with Crippen molar-refractivity contribution in [2.45, 2.75) is 24.1 Å². The highest BCUT2D eigenvalue weighted by Gasteiger charge is 2.42. The number of aromatic hydroxyl groups is 1. The van der Waals surface area contributed by atoms with Crippen LogP contribution in [0.1, 0.15) is 6.42 Å². The zero-order valence-corrected chi connectivity index (χ0v) is 20.8. The predicted octanol–water partition coefficient (Wildman–Crippen LogP) is 1.84. The van der Waals surface area contributed by atoms with Gasteiger partial charge in [0.15, 0.2) is 11.6 Å². The molecule has 4 rings (SSSR count). The average Bonchev–Trinajstić information content (AvgIpc) is 3.44. The number of anilines is 4. The first-order valence-corrected chi connectivity index (χ1v) is 12.2. The van der Waals surface area contributed by atoms with E-state index in [2.05, 4.69) is 30.4 Å². The van der Waals surface area contributed by atoms with E-state index in [1.54, 1.807) is 31.3 Å². The number of rotatable bonds is 8. The van der Waals surface area contributed by atoms with Gasteiger partial charge in [0.05, 0.1) is 25.3 Å². The Balaban J connectivity index is 0.000000420. The van der Waals surface area contributed by atoms with Crippen LogP contribution in [-0.2, 0) is 23.4 Å². The van der Waals surface area contributed by atoms with Crippen LogP contribution in [0.15, 0.2) is 30.3 Å². The number of phenols is 1. The molecule has 15 heteroatoms. The second kappa shape index (κ2) is 12.7. The van der Waals surface area contributed by atoms with E-state index in [-0.39, 0.29) is 30.6 Å². The lowest BCUT2D eigenvalue weighted by Crippen LogP contribution is -2.40. The highest BCUT2D eigenvalue weighted by atomic mass is 35.5. The Morgan fingerprint density at radius 3 is 2.77 bits per heavy atom. The molecule has 6 N–H and O–H groups in total. The number of halogens is 1. The molecule has 4 unspecified atom stereocenters. The van der Waals surface area contributed by atoms with Crippen LogP contribution in [0.3, 0.4) is 0 Å². The number of benzene rings is 1. The van der Waals surface area contributed by atoms with Crippen molar-refractivity contribution < 1.29 is 28.5 Å². The molecular weight excluding hydrogens is 501 g/mol. The van der Waals surface area contributed by atoms with Crippen molar-refractivity contribution in [1.82, 2.24) is 15.1 Å². The van der Waals surface area contributed by atoms with Gasteiger partial charge in [-0.05, 0) is 23.1 Å². The molecule has 35 heavy (non-hydrogen) atoms. The predicted molar refractivity (Wildman–Crippen MR) is 132 cm³/mol. The number of para-hydroxylation sites is 1. The maximum Gasteiger partial charge on any atom is 0.613 e. The number of phenolic OH excluding ortho intramolecular Hbond substituents is 1. The molecule has 3 heterocycles. The van der Waals surface area contributed by atoms with Gasteiger partial charge in [0.25, 0.3) is 0 Å². The van der Waals surface area contributed by atoms with E-state index in [4.69, 9.17) is 31.7 Å². The third kappa shape index (κ3) is 7.26. The van der Waals surface area contributed by atoms with Crippen molar-refractivity contribution >= 4 is 49.0 Å². The van der Waals surface area contributed by atoms with Gasteiger partial charge in [-0.1, -0.05) is 23.3 Å². The normalized spacial score (nSPS) is 20.8. The molecule has 2 aromatic rings. The molecular formula is C20H28ClN7O6P+. The second-order valence-corrected chi connectivity index (χ2v) is 9.03. The van der Waals surface area contributed by atoms with Crippen LogP contribution >= 0.6 is 19.8 Å². The first kappa shape index (κ1) is 26.6. The van der Waals surface area contributed by atoms with Gasteiger partial charge in [-0.15, -0.1) is 16.1 Å². The van der Waals surface area contributed by atoms with E-state index in [9.17, 15) is 9.36 Å². The fourth-order valence-electron chi connectivity index (χ4n) is 3.37. The summed E-state index contributed by atoms with van der Waals surface area (Å²) >= 11 is 6.48. The monoisotopic (exact) mass is 528 g/mol. The summed E-state index contributed by atoms with van der Waals surface area (Å²) in [7, 11) is 0.764. The van der Waals surface area contributed by atoms with Crippen molar-refractivity contribution in [1.29, 1.82) is 0 Å². The van der Waals surface area contributed by atoms with Crippen molar-refractivity contribution in [2.75, 3.05) is 55.2 Å². The molecule has 13 nitrogen and oxygen atoms in total. The van der Waals surface area contributed by atoms with Gasteiger partial charge in [-0.25, -0.2) is 0 Å². The Kier molecular flexibility index (Phi) is 9.64. The van der Waals surface area contributed by atoms with Gasteiger partial charge >= 0.3 is 14.1 Å². The van der Waals surface area contributed by atoms with Crippen LogP contribution in [0.25, 0.3) is 0 Å². The number of carbonyl (C=O) groups is 1. The van der Waals surface area contributed by atoms with Gasteiger partial charge in [0.2, 0.25) is 5.95 Å². The smallest absolute Gasteiger partial charge is 0.508 e. The Bertz CT molecular complexity index is 1020. The summed E-state index contributed by atoms with van der Waals surface area (Å²) in [5.41, 5.74) is 6.51. The number of alkyl halides is 1. The van der Waals surface area contributed by atoms with Crippen LogP contribution in [0.2, 0.25) is 0 Å². The molecule has 0 radical (unpaired) electrons. The fourth-order valence-corrected chi connectivity index (χ4v) is 4.42. The molecule has 0 spiro atoms. The molecule has 4 atom stereocenters. The standard InChI is InChI=1S/C14H22ClN7O5P.C6H6O/c1-17-11-10-12(21-14(16)20-11)22(6-18-10)13-8(15)3-7(27-13)5-26-28(24)19-4-9(23)25-2;7-6-4-2-1-3-5-6/h7-8,13,18H,3-6H2,1-2H3,(H,19,24)(H3,16,17,20,21);1-5,7H/q+1;. The number of nitrogens with zero attached hydrogens (tertiary/aromatic N) is 3. The minimum absolute atomic E-state index is 0.0604. The van der Waals surface area contributed by atoms with Crippen molar-refractivity contribution in [3.63, 3.8) is 0 Å². The number of ether oxygens (including phenoxy) is 2. The highest BCUT2D eigenvalue weighted by Crippen LogP contribution is 2.40. The minimum atomic E-state index is -2.22. The minimum Gasteiger partial charge on any atom is -0.508 e. The van der Waals surface area contributed by atoms with E-state index in [1.165, 1.54) is 7.11 Å². The van der Waals surface area contributed by atoms with E-state index < -0.39 is 20.4 Å². The van der Waals surface area contributed by atoms with Gasteiger partial charge < -0.3 is 35.8 Å². The molecule has 0 bridgehead atoms. The summed E-state index contributed by atoms with van der Waals surface area (Å²) in [4.78, 5) is 21.3. The molecule has 190 valence electrons. The van der Waals surface area contributed by atoms with Crippen LogP contribution in [0.4, 0.5) is 23.3 Å². The van der Waals surface area contributed by atoms with E-state index in [0.29, 0.717) is 30.5 Å². The van der Waals surface area contributed by atoms with Crippen molar-refractivity contribution in [2.24, 2.45) is 0 Å². The number of fused-ring (bicyclic) bond motifs is 1. The molecule has 1 aromatic heterocycles. The van der Waals surface area contributed by atoms with Crippen LogP contribution in [-0.4, -0.2) is 72.7 Å². The largest absolute Gasteiger partial charge is 0.613 e. The van der Waals surface area contributed by atoms with Crippen molar-refractivity contribution in [3.8, 4) is 5.75 Å².